The molecule has 0 spiro atoms. The molecule has 0 radical (unpaired) electrons. The van der Waals surface area contributed by atoms with E-state index in [0.29, 0.717) is 20.3 Å². The number of rotatable bonds is 5. The summed E-state index contributed by atoms with van der Waals surface area (Å²) in [4.78, 5) is 11.6. The summed E-state index contributed by atoms with van der Waals surface area (Å²) in [6.45, 7) is -0.292. The third-order valence-corrected chi connectivity index (χ3v) is 3.63. The lowest BCUT2D eigenvalue weighted by atomic mass is 10.2. The molecule has 2 aromatic rings. The summed E-state index contributed by atoms with van der Waals surface area (Å²) in [6, 6.07) is 9.04. The predicted molar refractivity (Wildman–Crippen MR) is 91.8 cm³/mol. The van der Waals surface area contributed by atoms with Gasteiger partial charge in [0.15, 0.2) is 6.61 Å². The van der Waals surface area contributed by atoms with Gasteiger partial charge in [-0.1, -0.05) is 39.1 Å². The maximum atomic E-state index is 13.5. The fraction of sp³-hybridized carbons (Fsp3) is 0.0667. The summed E-state index contributed by atoms with van der Waals surface area (Å²) in [5.74, 6) is -0.633. The van der Waals surface area contributed by atoms with Crippen molar-refractivity contribution in [1.82, 2.24) is 5.43 Å². The SMILES string of the molecule is O=C(COc1ccc(Cl)cc1Cl)NN=Cc1cc(Br)ccc1F. The van der Waals surface area contributed by atoms with Crippen molar-refractivity contribution >= 4 is 51.3 Å². The number of nitrogens with one attached hydrogen (secondary N) is 1. The quantitative estimate of drug-likeness (QED) is 0.575. The zero-order valence-corrected chi connectivity index (χ0v) is 14.6. The second-order valence-electron chi connectivity index (χ2n) is 4.32. The van der Waals surface area contributed by atoms with E-state index in [9.17, 15) is 9.18 Å². The summed E-state index contributed by atoms with van der Waals surface area (Å²) >= 11 is 14.9. The van der Waals surface area contributed by atoms with Crippen LogP contribution in [0.2, 0.25) is 10.0 Å². The van der Waals surface area contributed by atoms with Gasteiger partial charge in [0.1, 0.15) is 11.6 Å². The molecule has 0 saturated heterocycles. The molecule has 0 saturated carbocycles. The summed E-state index contributed by atoms with van der Waals surface area (Å²) in [6.07, 6.45) is 1.20. The molecule has 0 atom stereocenters. The van der Waals surface area contributed by atoms with Crippen LogP contribution >= 0.6 is 39.1 Å². The van der Waals surface area contributed by atoms with Crippen LogP contribution in [0.3, 0.4) is 0 Å². The van der Waals surface area contributed by atoms with Crippen molar-refractivity contribution in [1.29, 1.82) is 0 Å². The molecule has 0 unspecified atom stereocenters. The minimum atomic E-state index is -0.511. The Morgan fingerprint density at radius 2 is 2.09 bits per heavy atom. The van der Waals surface area contributed by atoms with Crippen LogP contribution in [0.25, 0.3) is 0 Å². The molecule has 0 aliphatic rings. The van der Waals surface area contributed by atoms with Crippen LogP contribution in [0.1, 0.15) is 5.56 Å². The Hall–Kier alpha value is -1.63. The molecule has 8 heteroatoms. The second kappa shape index (κ2) is 8.29. The Morgan fingerprint density at radius 1 is 1.30 bits per heavy atom. The minimum absolute atomic E-state index is 0.237. The van der Waals surface area contributed by atoms with Crippen molar-refractivity contribution in [3.8, 4) is 5.75 Å². The number of ether oxygens (including phenoxy) is 1. The van der Waals surface area contributed by atoms with Crippen molar-refractivity contribution in [2.24, 2.45) is 5.10 Å². The highest BCUT2D eigenvalue weighted by Gasteiger charge is 2.06. The van der Waals surface area contributed by atoms with Crippen LogP contribution in [-0.4, -0.2) is 18.7 Å². The Morgan fingerprint density at radius 3 is 2.83 bits per heavy atom. The van der Waals surface area contributed by atoms with E-state index in [0.717, 1.165) is 0 Å². The lowest BCUT2D eigenvalue weighted by Gasteiger charge is -2.07. The lowest BCUT2D eigenvalue weighted by molar-refractivity contribution is -0.123. The first-order valence-electron chi connectivity index (χ1n) is 6.30. The molecular formula is C15H10BrCl2FN2O2. The van der Waals surface area contributed by atoms with Gasteiger partial charge in [-0.15, -0.1) is 0 Å². The molecule has 1 N–H and O–H groups in total. The molecule has 0 aliphatic heterocycles. The van der Waals surface area contributed by atoms with Crippen molar-refractivity contribution in [2.75, 3.05) is 6.61 Å². The zero-order chi connectivity index (χ0) is 16.8. The van der Waals surface area contributed by atoms with E-state index in [1.807, 2.05) is 0 Å². The molecular weight excluding hydrogens is 410 g/mol. The highest BCUT2D eigenvalue weighted by molar-refractivity contribution is 9.10. The van der Waals surface area contributed by atoms with Crippen molar-refractivity contribution < 1.29 is 13.9 Å². The fourth-order valence-electron chi connectivity index (χ4n) is 1.56. The molecule has 4 nitrogen and oxygen atoms in total. The smallest absolute Gasteiger partial charge is 0.277 e. The Bertz CT molecular complexity index is 756. The fourth-order valence-corrected chi connectivity index (χ4v) is 2.40. The number of amides is 1. The molecule has 1 amide bonds. The molecule has 0 bridgehead atoms. The second-order valence-corrected chi connectivity index (χ2v) is 6.08. The monoisotopic (exact) mass is 418 g/mol. The zero-order valence-electron chi connectivity index (χ0n) is 11.5. The van der Waals surface area contributed by atoms with Crippen molar-refractivity contribution in [2.45, 2.75) is 0 Å². The molecule has 0 fully saturated rings. The molecule has 0 aliphatic carbocycles. The van der Waals surface area contributed by atoms with Gasteiger partial charge in [0.05, 0.1) is 11.2 Å². The van der Waals surface area contributed by atoms with E-state index in [1.54, 1.807) is 18.2 Å². The van der Waals surface area contributed by atoms with Gasteiger partial charge in [-0.3, -0.25) is 4.79 Å². The predicted octanol–water partition coefficient (Wildman–Crippen LogP) is 4.42. The number of halogens is 4. The molecule has 2 rings (SSSR count). The van der Waals surface area contributed by atoms with Gasteiger partial charge in [-0.2, -0.15) is 5.10 Å². The Labute approximate surface area is 150 Å². The van der Waals surface area contributed by atoms with Gasteiger partial charge in [-0.05, 0) is 36.4 Å². The van der Waals surface area contributed by atoms with E-state index in [-0.39, 0.29) is 12.2 Å². The number of hydrazone groups is 1. The minimum Gasteiger partial charge on any atom is -0.482 e. The van der Waals surface area contributed by atoms with Crippen LogP contribution in [0, 0.1) is 5.82 Å². The standard InChI is InChI=1S/C15H10BrCl2FN2O2/c16-10-1-3-13(19)9(5-10)7-20-21-15(22)8-23-14-4-2-11(17)6-12(14)18/h1-7H,8H2,(H,21,22). The van der Waals surface area contributed by atoms with E-state index in [1.165, 1.54) is 24.4 Å². The first-order chi connectivity index (χ1) is 11.0. The van der Waals surface area contributed by atoms with Crippen molar-refractivity contribution in [3.05, 3.63) is 62.3 Å². The molecule has 120 valence electrons. The number of carbonyl (C=O) groups is 1. The van der Waals surface area contributed by atoms with Crippen LogP contribution in [0.5, 0.6) is 5.75 Å². The maximum absolute atomic E-state index is 13.5. The number of hydrogen-bond donors (Lipinski definition) is 1. The van der Waals surface area contributed by atoms with Crippen LogP contribution in [-0.2, 0) is 4.79 Å². The lowest BCUT2D eigenvalue weighted by Crippen LogP contribution is -2.24. The first-order valence-corrected chi connectivity index (χ1v) is 7.85. The average Bonchev–Trinajstić information content (AvgIpc) is 2.50. The van der Waals surface area contributed by atoms with Gasteiger partial charge in [0.2, 0.25) is 0 Å². The van der Waals surface area contributed by atoms with Crippen LogP contribution in [0.4, 0.5) is 4.39 Å². The van der Waals surface area contributed by atoms with E-state index in [4.69, 9.17) is 27.9 Å². The Kier molecular flexibility index (Phi) is 6.38. The van der Waals surface area contributed by atoms with E-state index >= 15 is 0 Å². The summed E-state index contributed by atoms with van der Waals surface area (Å²) < 4.78 is 19.4. The third-order valence-electron chi connectivity index (χ3n) is 2.60. The average molecular weight is 420 g/mol. The molecule has 0 heterocycles. The maximum Gasteiger partial charge on any atom is 0.277 e. The van der Waals surface area contributed by atoms with Gasteiger partial charge in [-0.25, -0.2) is 9.82 Å². The number of benzene rings is 2. The van der Waals surface area contributed by atoms with Gasteiger partial charge in [0.25, 0.3) is 5.91 Å². The topological polar surface area (TPSA) is 50.7 Å². The van der Waals surface area contributed by atoms with E-state index < -0.39 is 11.7 Å². The highest BCUT2D eigenvalue weighted by Crippen LogP contribution is 2.27. The van der Waals surface area contributed by atoms with Crippen LogP contribution in [0.15, 0.2) is 46.0 Å². The molecule has 2 aromatic carbocycles. The normalized spacial score (nSPS) is 10.8. The first kappa shape index (κ1) is 17.7. The van der Waals surface area contributed by atoms with Gasteiger partial charge >= 0.3 is 0 Å². The van der Waals surface area contributed by atoms with E-state index in [2.05, 4.69) is 26.5 Å². The number of nitrogens with zero attached hydrogens (tertiary/aromatic N) is 1. The molecule has 0 aromatic heterocycles. The number of hydrogen-bond acceptors (Lipinski definition) is 3. The Balaban J connectivity index is 1.87. The van der Waals surface area contributed by atoms with Gasteiger partial charge < -0.3 is 4.74 Å². The summed E-state index contributed by atoms with van der Waals surface area (Å²) in [7, 11) is 0. The van der Waals surface area contributed by atoms with Crippen molar-refractivity contribution in [3.63, 3.8) is 0 Å². The number of carbonyl (C=O) groups excluding carboxylic acids is 1. The molecule has 23 heavy (non-hydrogen) atoms. The summed E-state index contributed by atoms with van der Waals surface area (Å²) in [5.41, 5.74) is 2.47. The highest BCUT2D eigenvalue weighted by atomic mass is 79.9. The van der Waals surface area contributed by atoms with Crippen LogP contribution < -0.4 is 10.2 Å². The third kappa shape index (κ3) is 5.49. The van der Waals surface area contributed by atoms with Gasteiger partial charge in [0, 0.05) is 15.1 Å². The summed E-state index contributed by atoms with van der Waals surface area (Å²) in [5, 5.41) is 4.43. The largest absolute Gasteiger partial charge is 0.482 e.